The molecule has 1 amide bonds. The predicted molar refractivity (Wildman–Crippen MR) is 88.4 cm³/mol. The van der Waals surface area contributed by atoms with Crippen LogP contribution in [-0.2, 0) is 0 Å². The molecule has 2 rings (SSSR count). The Kier molecular flexibility index (Phi) is 4.70. The maximum Gasteiger partial charge on any atom is 0.273 e. The van der Waals surface area contributed by atoms with E-state index in [9.17, 15) is 14.9 Å². The highest BCUT2D eigenvalue weighted by Crippen LogP contribution is 2.19. The van der Waals surface area contributed by atoms with Gasteiger partial charge in [0.15, 0.2) is 0 Å². The summed E-state index contributed by atoms with van der Waals surface area (Å²) >= 11 is 0. The molecule has 2 aromatic carbocycles. The number of hydrogen-bond acceptors (Lipinski definition) is 5. The molecule has 0 heterocycles. The first-order chi connectivity index (χ1) is 10.9. The van der Waals surface area contributed by atoms with Crippen LogP contribution >= 0.6 is 0 Å². The molecule has 0 aromatic heterocycles. The Hall–Kier alpha value is -3.22. The van der Waals surface area contributed by atoms with Crippen LogP contribution in [0.5, 0.6) is 0 Å². The average molecular weight is 312 g/mol. The summed E-state index contributed by atoms with van der Waals surface area (Å²) in [5.74, 6) is -0.511. The lowest BCUT2D eigenvalue weighted by molar-refractivity contribution is -0.385. The van der Waals surface area contributed by atoms with E-state index in [1.807, 2.05) is 0 Å². The average Bonchev–Trinajstić information content (AvgIpc) is 2.53. The summed E-state index contributed by atoms with van der Waals surface area (Å²) in [4.78, 5) is 22.5. The molecular weight excluding hydrogens is 296 g/mol. The molecule has 7 nitrogen and oxygen atoms in total. The molecule has 0 fully saturated rings. The second-order valence-electron chi connectivity index (χ2n) is 5.02. The van der Waals surface area contributed by atoms with E-state index in [1.165, 1.54) is 18.2 Å². The first-order valence-electron chi connectivity index (χ1n) is 6.84. The number of nitro groups is 1. The van der Waals surface area contributed by atoms with Crippen molar-refractivity contribution in [3.63, 3.8) is 0 Å². The van der Waals surface area contributed by atoms with Crippen molar-refractivity contribution in [1.29, 1.82) is 0 Å². The van der Waals surface area contributed by atoms with Crippen molar-refractivity contribution in [3.05, 3.63) is 69.3 Å². The van der Waals surface area contributed by atoms with Crippen LogP contribution in [0.25, 0.3) is 0 Å². The zero-order valence-corrected chi connectivity index (χ0v) is 12.7. The van der Waals surface area contributed by atoms with E-state index in [1.54, 1.807) is 38.1 Å². The van der Waals surface area contributed by atoms with Crippen LogP contribution in [0.1, 0.15) is 28.4 Å². The zero-order valence-electron chi connectivity index (χ0n) is 12.7. The Morgan fingerprint density at radius 2 is 1.78 bits per heavy atom. The number of amides is 1. The number of nitrogens with two attached hydrogens (primary N) is 1. The number of nitrogens with zero attached hydrogens (tertiary/aromatic N) is 2. The number of anilines is 1. The van der Waals surface area contributed by atoms with Gasteiger partial charge < -0.3 is 5.73 Å². The summed E-state index contributed by atoms with van der Waals surface area (Å²) < 4.78 is 0. The highest BCUT2D eigenvalue weighted by atomic mass is 16.6. The summed E-state index contributed by atoms with van der Waals surface area (Å²) in [5, 5.41) is 14.9. The molecule has 0 aliphatic heterocycles. The van der Waals surface area contributed by atoms with Crippen molar-refractivity contribution < 1.29 is 9.72 Å². The van der Waals surface area contributed by atoms with Gasteiger partial charge in [-0.1, -0.05) is 18.2 Å². The first kappa shape index (κ1) is 16.2. The Balaban J connectivity index is 2.16. The van der Waals surface area contributed by atoms with Crippen LogP contribution in [-0.4, -0.2) is 16.5 Å². The number of hydrazone groups is 1. The minimum Gasteiger partial charge on any atom is -0.399 e. The molecule has 7 heteroatoms. The van der Waals surface area contributed by atoms with Gasteiger partial charge in [-0.3, -0.25) is 14.9 Å². The molecule has 2 aromatic rings. The van der Waals surface area contributed by atoms with Gasteiger partial charge >= 0.3 is 0 Å². The monoisotopic (exact) mass is 312 g/mol. The van der Waals surface area contributed by atoms with E-state index in [4.69, 9.17) is 5.73 Å². The fourth-order valence-electron chi connectivity index (χ4n) is 1.94. The van der Waals surface area contributed by atoms with Gasteiger partial charge in [-0.15, -0.1) is 0 Å². The third-order valence-electron chi connectivity index (χ3n) is 3.32. The molecule has 0 saturated carbocycles. The summed E-state index contributed by atoms with van der Waals surface area (Å²) in [6.07, 6.45) is 0. The van der Waals surface area contributed by atoms with Crippen LogP contribution in [0.15, 0.2) is 47.6 Å². The molecule has 0 spiro atoms. The van der Waals surface area contributed by atoms with E-state index in [-0.39, 0.29) is 11.3 Å². The van der Waals surface area contributed by atoms with Gasteiger partial charge in [0.2, 0.25) is 0 Å². The van der Waals surface area contributed by atoms with Crippen molar-refractivity contribution in [2.24, 2.45) is 5.10 Å². The molecule has 0 atom stereocenters. The quantitative estimate of drug-likeness (QED) is 0.391. The molecule has 0 saturated heterocycles. The number of hydrogen-bond donors (Lipinski definition) is 2. The number of nitrogen functional groups attached to an aromatic ring is 1. The molecule has 0 bridgehead atoms. The van der Waals surface area contributed by atoms with Gasteiger partial charge in [-0.2, -0.15) is 5.10 Å². The van der Waals surface area contributed by atoms with Gasteiger partial charge in [0.25, 0.3) is 11.6 Å². The van der Waals surface area contributed by atoms with Gasteiger partial charge in [0, 0.05) is 22.9 Å². The first-order valence-corrected chi connectivity index (χ1v) is 6.84. The van der Waals surface area contributed by atoms with E-state index in [0.717, 1.165) is 5.56 Å². The van der Waals surface area contributed by atoms with Gasteiger partial charge in [0.1, 0.15) is 0 Å². The number of carbonyl (C=O) groups is 1. The number of nitro benzene ring substituents is 1. The fourth-order valence-corrected chi connectivity index (χ4v) is 1.94. The van der Waals surface area contributed by atoms with Gasteiger partial charge in [0.05, 0.1) is 10.6 Å². The smallest absolute Gasteiger partial charge is 0.273 e. The lowest BCUT2D eigenvalue weighted by atomic mass is 10.1. The van der Waals surface area contributed by atoms with E-state index < -0.39 is 10.8 Å². The molecule has 118 valence electrons. The van der Waals surface area contributed by atoms with Crippen molar-refractivity contribution >= 4 is 23.0 Å². The number of benzene rings is 2. The second-order valence-corrected chi connectivity index (χ2v) is 5.02. The maximum atomic E-state index is 12.1. The minimum atomic E-state index is -0.519. The summed E-state index contributed by atoms with van der Waals surface area (Å²) in [6.45, 7) is 3.35. The highest BCUT2D eigenvalue weighted by molar-refractivity contribution is 6.01. The zero-order chi connectivity index (χ0) is 17.0. The van der Waals surface area contributed by atoms with Gasteiger partial charge in [-0.05, 0) is 37.6 Å². The minimum absolute atomic E-state index is 0.100. The SMILES string of the molecule is C/C(=N\NC(=O)c1ccc(C)c([N+](=O)[O-])c1)c1ccc(N)cc1. The number of carbonyl (C=O) groups excluding carboxylic acids is 1. The predicted octanol–water partition coefficient (Wildman–Crippen LogP) is 2.64. The van der Waals surface area contributed by atoms with Crippen LogP contribution in [0.4, 0.5) is 11.4 Å². The molecule has 0 radical (unpaired) electrons. The number of rotatable bonds is 4. The topological polar surface area (TPSA) is 111 Å². The Morgan fingerprint density at radius 3 is 2.39 bits per heavy atom. The van der Waals surface area contributed by atoms with E-state index in [0.29, 0.717) is 17.0 Å². The van der Waals surface area contributed by atoms with Crippen LogP contribution in [0.2, 0.25) is 0 Å². The molecule has 3 N–H and O–H groups in total. The molecule has 0 unspecified atom stereocenters. The van der Waals surface area contributed by atoms with Crippen molar-refractivity contribution in [2.75, 3.05) is 5.73 Å². The van der Waals surface area contributed by atoms with Gasteiger partial charge in [-0.25, -0.2) is 5.43 Å². The summed E-state index contributed by atoms with van der Waals surface area (Å²) in [7, 11) is 0. The van der Waals surface area contributed by atoms with Crippen molar-refractivity contribution in [2.45, 2.75) is 13.8 Å². The number of nitrogens with one attached hydrogen (secondary N) is 1. The molecule has 23 heavy (non-hydrogen) atoms. The largest absolute Gasteiger partial charge is 0.399 e. The van der Waals surface area contributed by atoms with E-state index in [2.05, 4.69) is 10.5 Å². The standard InChI is InChI=1S/C16H16N4O3/c1-10-3-4-13(9-15(10)20(22)23)16(21)19-18-11(2)12-5-7-14(17)8-6-12/h3-9H,17H2,1-2H3,(H,19,21)/b18-11+. The van der Waals surface area contributed by atoms with E-state index >= 15 is 0 Å². The lowest BCUT2D eigenvalue weighted by Crippen LogP contribution is -2.19. The van der Waals surface area contributed by atoms with Crippen molar-refractivity contribution in [1.82, 2.24) is 5.43 Å². The highest BCUT2D eigenvalue weighted by Gasteiger charge is 2.14. The third-order valence-corrected chi connectivity index (χ3v) is 3.32. The Bertz CT molecular complexity index is 782. The van der Waals surface area contributed by atoms with Crippen molar-refractivity contribution in [3.8, 4) is 0 Å². The molecule has 0 aliphatic rings. The van der Waals surface area contributed by atoms with Crippen LogP contribution < -0.4 is 11.2 Å². The number of aryl methyl sites for hydroxylation is 1. The fraction of sp³-hybridized carbons (Fsp3) is 0.125. The van der Waals surface area contributed by atoms with Crippen LogP contribution in [0.3, 0.4) is 0 Å². The Morgan fingerprint density at radius 1 is 1.17 bits per heavy atom. The Labute approximate surface area is 133 Å². The third kappa shape index (κ3) is 3.91. The van der Waals surface area contributed by atoms with Crippen LogP contribution in [0, 0.1) is 17.0 Å². The summed E-state index contributed by atoms with van der Waals surface area (Å²) in [5.41, 5.74) is 10.6. The summed E-state index contributed by atoms with van der Waals surface area (Å²) in [6, 6.07) is 11.3. The lowest BCUT2D eigenvalue weighted by Gasteiger charge is -2.04. The molecular formula is C16H16N4O3. The molecule has 0 aliphatic carbocycles. The normalized spacial score (nSPS) is 11.1. The second kappa shape index (κ2) is 6.69. The maximum absolute atomic E-state index is 12.1.